The van der Waals surface area contributed by atoms with Crippen molar-refractivity contribution in [3.05, 3.63) is 17.5 Å². The molecule has 0 bridgehead atoms. The molecule has 13 heavy (non-hydrogen) atoms. The SMILES string of the molecule is CCCNC(=O)c1cc(C)n(C)n1. The number of carbonyl (C=O) groups is 1. The third-order valence-electron chi connectivity index (χ3n) is 1.88. The van der Waals surface area contributed by atoms with Gasteiger partial charge >= 0.3 is 0 Å². The van der Waals surface area contributed by atoms with E-state index in [1.807, 2.05) is 20.9 Å². The Balaban J connectivity index is 2.66. The molecule has 72 valence electrons. The monoisotopic (exact) mass is 181 g/mol. The molecule has 1 aromatic heterocycles. The van der Waals surface area contributed by atoms with Gasteiger partial charge in [-0.3, -0.25) is 9.48 Å². The van der Waals surface area contributed by atoms with Crippen LogP contribution in [0.3, 0.4) is 0 Å². The van der Waals surface area contributed by atoms with Crippen molar-refractivity contribution in [2.75, 3.05) is 6.54 Å². The van der Waals surface area contributed by atoms with Gasteiger partial charge in [-0.25, -0.2) is 0 Å². The molecule has 4 nitrogen and oxygen atoms in total. The van der Waals surface area contributed by atoms with Crippen LogP contribution in [-0.4, -0.2) is 22.2 Å². The van der Waals surface area contributed by atoms with E-state index in [4.69, 9.17) is 0 Å². The summed E-state index contributed by atoms with van der Waals surface area (Å²) in [6.07, 6.45) is 0.942. The van der Waals surface area contributed by atoms with Crippen molar-refractivity contribution < 1.29 is 4.79 Å². The van der Waals surface area contributed by atoms with Gasteiger partial charge < -0.3 is 5.32 Å². The molecule has 1 rings (SSSR count). The van der Waals surface area contributed by atoms with Gasteiger partial charge in [-0.05, 0) is 19.4 Å². The third kappa shape index (κ3) is 2.31. The molecule has 0 aliphatic rings. The van der Waals surface area contributed by atoms with Gasteiger partial charge in [0.15, 0.2) is 0 Å². The van der Waals surface area contributed by atoms with E-state index in [0.29, 0.717) is 12.2 Å². The van der Waals surface area contributed by atoms with Gasteiger partial charge in [0, 0.05) is 19.3 Å². The lowest BCUT2D eigenvalue weighted by atomic mass is 10.3. The van der Waals surface area contributed by atoms with E-state index >= 15 is 0 Å². The van der Waals surface area contributed by atoms with Gasteiger partial charge in [0.05, 0.1) is 0 Å². The van der Waals surface area contributed by atoms with E-state index in [9.17, 15) is 4.79 Å². The van der Waals surface area contributed by atoms with Crippen LogP contribution in [0.5, 0.6) is 0 Å². The molecule has 1 N–H and O–H groups in total. The van der Waals surface area contributed by atoms with Crippen molar-refractivity contribution >= 4 is 5.91 Å². The molecule has 0 saturated heterocycles. The summed E-state index contributed by atoms with van der Waals surface area (Å²) in [4.78, 5) is 11.4. The highest BCUT2D eigenvalue weighted by molar-refractivity contribution is 5.92. The molecule has 0 atom stereocenters. The lowest BCUT2D eigenvalue weighted by molar-refractivity contribution is 0.0948. The summed E-state index contributed by atoms with van der Waals surface area (Å²) >= 11 is 0. The van der Waals surface area contributed by atoms with E-state index < -0.39 is 0 Å². The summed E-state index contributed by atoms with van der Waals surface area (Å²) in [5, 5.41) is 6.84. The fourth-order valence-electron chi connectivity index (χ4n) is 1.00. The van der Waals surface area contributed by atoms with Crippen molar-refractivity contribution in [2.45, 2.75) is 20.3 Å². The molecule has 0 aliphatic carbocycles. The van der Waals surface area contributed by atoms with Crippen LogP contribution in [-0.2, 0) is 7.05 Å². The first-order chi connectivity index (χ1) is 6.15. The number of hydrogen-bond donors (Lipinski definition) is 1. The van der Waals surface area contributed by atoms with Crippen molar-refractivity contribution in [1.29, 1.82) is 0 Å². The predicted molar refractivity (Wildman–Crippen MR) is 50.6 cm³/mol. The van der Waals surface area contributed by atoms with E-state index in [-0.39, 0.29) is 5.91 Å². The quantitative estimate of drug-likeness (QED) is 0.752. The smallest absolute Gasteiger partial charge is 0.271 e. The molecule has 0 radical (unpaired) electrons. The molecule has 1 aromatic rings. The molecule has 0 saturated carbocycles. The maximum absolute atomic E-state index is 11.4. The highest BCUT2D eigenvalue weighted by Crippen LogP contribution is 2.00. The van der Waals surface area contributed by atoms with E-state index in [2.05, 4.69) is 10.4 Å². The number of hydrogen-bond acceptors (Lipinski definition) is 2. The number of amides is 1. The number of rotatable bonds is 3. The number of aromatic nitrogens is 2. The van der Waals surface area contributed by atoms with Crippen LogP contribution in [0.25, 0.3) is 0 Å². The molecule has 0 spiro atoms. The molecule has 1 amide bonds. The van der Waals surface area contributed by atoms with Crippen LogP contribution < -0.4 is 5.32 Å². The number of nitrogens with zero attached hydrogens (tertiary/aromatic N) is 2. The third-order valence-corrected chi connectivity index (χ3v) is 1.88. The Hall–Kier alpha value is -1.32. The fourth-order valence-corrected chi connectivity index (χ4v) is 1.00. The van der Waals surface area contributed by atoms with Crippen molar-refractivity contribution in [3.8, 4) is 0 Å². The van der Waals surface area contributed by atoms with Crippen molar-refractivity contribution in [3.63, 3.8) is 0 Å². The second kappa shape index (κ2) is 4.07. The van der Waals surface area contributed by atoms with Crippen LogP contribution >= 0.6 is 0 Å². The highest BCUT2D eigenvalue weighted by atomic mass is 16.1. The zero-order chi connectivity index (χ0) is 9.84. The normalized spacial score (nSPS) is 10.1. The number of aryl methyl sites for hydroxylation is 2. The Morgan fingerprint density at radius 2 is 2.38 bits per heavy atom. The van der Waals surface area contributed by atoms with Gasteiger partial charge in [-0.1, -0.05) is 6.92 Å². The Labute approximate surface area is 77.9 Å². The first-order valence-electron chi connectivity index (χ1n) is 4.44. The minimum atomic E-state index is -0.0921. The molecule has 0 aliphatic heterocycles. The molecule has 0 unspecified atom stereocenters. The second-order valence-electron chi connectivity index (χ2n) is 3.05. The first-order valence-corrected chi connectivity index (χ1v) is 4.44. The summed E-state index contributed by atoms with van der Waals surface area (Å²) in [7, 11) is 1.83. The van der Waals surface area contributed by atoms with Gasteiger partial charge in [0.25, 0.3) is 5.91 Å². The maximum Gasteiger partial charge on any atom is 0.271 e. The van der Waals surface area contributed by atoms with E-state index in [0.717, 1.165) is 12.1 Å². The summed E-state index contributed by atoms with van der Waals surface area (Å²) in [6.45, 7) is 4.64. The highest BCUT2D eigenvalue weighted by Gasteiger charge is 2.08. The van der Waals surface area contributed by atoms with Crippen LogP contribution in [0.4, 0.5) is 0 Å². The van der Waals surface area contributed by atoms with Gasteiger partial charge in [0.1, 0.15) is 5.69 Å². The largest absolute Gasteiger partial charge is 0.351 e. The standard InChI is InChI=1S/C9H15N3O/c1-4-5-10-9(13)8-6-7(2)12(3)11-8/h6H,4-5H2,1-3H3,(H,10,13). The Morgan fingerprint density at radius 1 is 1.69 bits per heavy atom. The predicted octanol–water partition coefficient (Wildman–Crippen LogP) is 0.868. The zero-order valence-electron chi connectivity index (χ0n) is 8.29. The minimum absolute atomic E-state index is 0.0921. The van der Waals surface area contributed by atoms with Gasteiger partial charge in [-0.2, -0.15) is 5.10 Å². The summed E-state index contributed by atoms with van der Waals surface area (Å²) in [5.74, 6) is -0.0921. The van der Waals surface area contributed by atoms with Crippen LogP contribution in [0.1, 0.15) is 29.5 Å². The zero-order valence-corrected chi connectivity index (χ0v) is 8.29. The first kappa shape index (κ1) is 9.77. The molecular weight excluding hydrogens is 166 g/mol. The van der Waals surface area contributed by atoms with Crippen molar-refractivity contribution in [1.82, 2.24) is 15.1 Å². The number of carbonyl (C=O) groups excluding carboxylic acids is 1. The van der Waals surface area contributed by atoms with Crippen molar-refractivity contribution in [2.24, 2.45) is 7.05 Å². The van der Waals surface area contributed by atoms with Crippen LogP contribution in [0.2, 0.25) is 0 Å². The lowest BCUT2D eigenvalue weighted by Gasteiger charge is -1.98. The fraction of sp³-hybridized carbons (Fsp3) is 0.556. The summed E-state index contributed by atoms with van der Waals surface area (Å²) < 4.78 is 1.70. The average Bonchev–Trinajstić information content (AvgIpc) is 2.43. The minimum Gasteiger partial charge on any atom is -0.351 e. The number of nitrogens with one attached hydrogen (secondary N) is 1. The molecule has 4 heteroatoms. The summed E-state index contributed by atoms with van der Waals surface area (Å²) in [5.41, 5.74) is 1.48. The average molecular weight is 181 g/mol. The topological polar surface area (TPSA) is 46.9 Å². The Bertz CT molecular complexity index is 284. The molecule has 1 heterocycles. The second-order valence-corrected chi connectivity index (χ2v) is 3.05. The van der Waals surface area contributed by atoms with Crippen LogP contribution in [0.15, 0.2) is 6.07 Å². The Kier molecular flexibility index (Phi) is 3.06. The van der Waals surface area contributed by atoms with E-state index in [1.54, 1.807) is 10.7 Å². The maximum atomic E-state index is 11.4. The van der Waals surface area contributed by atoms with Gasteiger partial charge in [0.2, 0.25) is 0 Å². The lowest BCUT2D eigenvalue weighted by Crippen LogP contribution is -2.24. The molecular formula is C9H15N3O. The van der Waals surface area contributed by atoms with E-state index in [1.165, 1.54) is 0 Å². The Morgan fingerprint density at radius 3 is 2.85 bits per heavy atom. The molecule has 0 fully saturated rings. The summed E-state index contributed by atoms with van der Waals surface area (Å²) in [6, 6.07) is 1.78. The van der Waals surface area contributed by atoms with Crippen LogP contribution in [0, 0.1) is 6.92 Å². The molecule has 0 aromatic carbocycles. The van der Waals surface area contributed by atoms with Gasteiger partial charge in [-0.15, -0.1) is 0 Å².